The number of nitrogens with two attached hydrogens (primary N) is 1. The van der Waals surface area contributed by atoms with Crippen LogP contribution in [0.15, 0.2) is 72.8 Å². The van der Waals surface area contributed by atoms with Crippen molar-refractivity contribution in [1.82, 2.24) is 0 Å². The van der Waals surface area contributed by atoms with Crippen LogP contribution in [-0.4, -0.2) is 19.2 Å². The molecule has 0 amide bonds. The molecule has 5 nitrogen and oxygen atoms in total. The molecule has 0 fully saturated rings. The fourth-order valence-corrected chi connectivity index (χ4v) is 2.54. The van der Waals surface area contributed by atoms with Crippen molar-refractivity contribution in [2.24, 2.45) is 0 Å². The van der Waals surface area contributed by atoms with Gasteiger partial charge in [0.05, 0.1) is 11.3 Å². The van der Waals surface area contributed by atoms with Crippen molar-refractivity contribution in [1.29, 1.82) is 0 Å². The van der Waals surface area contributed by atoms with Gasteiger partial charge in [0.2, 0.25) is 0 Å². The third-order valence-electron chi connectivity index (χ3n) is 4.09. The van der Waals surface area contributed by atoms with E-state index < -0.39 is 5.97 Å². The second-order valence-corrected chi connectivity index (χ2v) is 6.32. The zero-order chi connectivity index (χ0) is 19.8. The maximum atomic E-state index is 12.3. The summed E-state index contributed by atoms with van der Waals surface area (Å²) in [5, 5.41) is 0. The minimum absolute atomic E-state index is 0.213. The van der Waals surface area contributed by atoms with Gasteiger partial charge in [-0.1, -0.05) is 48.0 Å². The molecule has 28 heavy (non-hydrogen) atoms. The highest BCUT2D eigenvalue weighted by Gasteiger charge is 2.11. The molecule has 2 N–H and O–H groups in total. The number of hydrogen-bond donors (Lipinski definition) is 1. The summed E-state index contributed by atoms with van der Waals surface area (Å²) >= 11 is 0. The molecule has 0 aliphatic carbocycles. The Kier molecular flexibility index (Phi) is 6.52. The molecule has 3 aromatic rings. The van der Waals surface area contributed by atoms with E-state index in [4.69, 9.17) is 19.9 Å². The van der Waals surface area contributed by atoms with Crippen LogP contribution in [0.2, 0.25) is 0 Å². The zero-order valence-corrected chi connectivity index (χ0v) is 15.8. The molecule has 0 heterocycles. The Bertz CT molecular complexity index is 908. The van der Waals surface area contributed by atoms with E-state index in [1.54, 1.807) is 18.2 Å². The minimum atomic E-state index is -0.426. The topological polar surface area (TPSA) is 70.8 Å². The van der Waals surface area contributed by atoms with Gasteiger partial charge in [0.15, 0.2) is 0 Å². The minimum Gasteiger partial charge on any atom is -0.490 e. The number of aryl methyl sites for hydroxylation is 1. The van der Waals surface area contributed by atoms with Crippen molar-refractivity contribution in [3.63, 3.8) is 0 Å². The van der Waals surface area contributed by atoms with Gasteiger partial charge in [-0.2, -0.15) is 0 Å². The van der Waals surface area contributed by atoms with E-state index in [1.165, 1.54) is 5.56 Å². The smallest absolute Gasteiger partial charge is 0.338 e. The molecule has 3 aromatic carbocycles. The standard InChI is InChI=1S/C23H23NO4/c1-17-7-10-20(11-8-17)26-13-14-27-22-15-19(9-12-21(22)24)23(25)28-16-18-5-3-2-4-6-18/h2-12,15H,13-14,16,24H2,1H3. The van der Waals surface area contributed by atoms with Crippen LogP contribution in [0.25, 0.3) is 0 Å². The van der Waals surface area contributed by atoms with Gasteiger partial charge in [0.1, 0.15) is 31.3 Å². The molecule has 0 radical (unpaired) electrons. The molecule has 0 bridgehead atoms. The maximum absolute atomic E-state index is 12.3. The average Bonchev–Trinajstić information content (AvgIpc) is 2.72. The molecule has 0 aliphatic rings. The molecule has 0 aliphatic heterocycles. The quantitative estimate of drug-likeness (QED) is 0.358. The van der Waals surface area contributed by atoms with Crippen LogP contribution in [-0.2, 0) is 11.3 Å². The summed E-state index contributed by atoms with van der Waals surface area (Å²) < 4.78 is 16.7. The largest absolute Gasteiger partial charge is 0.490 e. The Morgan fingerprint density at radius 3 is 2.36 bits per heavy atom. The number of carbonyl (C=O) groups is 1. The summed E-state index contributed by atoms with van der Waals surface area (Å²) in [6.07, 6.45) is 0. The Hall–Kier alpha value is -3.47. The molecule has 0 saturated carbocycles. The van der Waals surface area contributed by atoms with E-state index >= 15 is 0 Å². The Morgan fingerprint density at radius 1 is 0.893 bits per heavy atom. The third kappa shape index (κ3) is 5.51. The highest BCUT2D eigenvalue weighted by Crippen LogP contribution is 2.23. The number of rotatable bonds is 8. The van der Waals surface area contributed by atoms with Gasteiger partial charge < -0.3 is 19.9 Å². The summed E-state index contributed by atoms with van der Waals surface area (Å²) in [5.41, 5.74) is 8.89. The van der Waals surface area contributed by atoms with Gasteiger partial charge >= 0.3 is 5.97 Å². The van der Waals surface area contributed by atoms with E-state index in [2.05, 4.69) is 0 Å². The van der Waals surface area contributed by atoms with E-state index in [0.717, 1.165) is 11.3 Å². The molecule has 144 valence electrons. The molecule has 5 heteroatoms. The average molecular weight is 377 g/mol. The van der Waals surface area contributed by atoms with Crippen molar-refractivity contribution < 1.29 is 19.0 Å². The Labute approximate surface area is 164 Å². The normalized spacial score (nSPS) is 10.3. The molecule has 0 aromatic heterocycles. The van der Waals surface area contributed by atoms with Crippen molar-refractivity contribution in [3.05, 3.63) is 89.5 Å². The number of anilines is 1. The summed E-state index contributed by atoms with van der Waals surface area (Å²) in [5.74, 6) is 0.784. The van der Waals surface area contributed by atoms with Crippen molar-refractivity contribution in [2.45, 2.75) is 13.5 Å². The van der Waals surface area contributed by atoms with Crippen LogP contribution in [0.4, 0.5) is 5.69 Å². The zero-order valence-electron chi connectivity index (χ0n) is 15.8. The fourth-order valence-electron chi connectivity index (χ4n) is 2.54. The van der Waals surface area contributed by atoms with E-state index in [0.29, 0.717) is 30.2 Å². The van der Waals surface area contributed by atoms with Crippen LogP contribution in [0.3, 0.4) is 0 Å². The van der Waals surface area contributed by atoms with Gasteiger partial charge in [-0.05, 0) is 42.8 Å². The number of esters is 1. The van der Waals surface area contributed by atoms with Gasteiger partial charge in [-0.25, -0.2) is 4.79 Å². The predicted octanol–water partition coefficient (Wildman–Crippen LogP) is 4.39. The lowest BCUT2D eigenvalue weighted by Gasteiger charge is -2.12. The van der Waals surface area contributed by atoms with E-state index in [9.17, 15) is 4.79 Å². The second-order valence-electron chi connectivity index (χ2n) is 6.32. The Balaban J connectivity index is 1.52. The highest BCUT2D eigenvalue weighted by atomic mass is 16.5. The molecule has 0 atom stereocenters. The van der Waals surface area contributed by atoms with Crippen molar-refractivity contribution in [3.8, 4) is 11.5 Å². The number of nitrogen functional groups attached to an aromatic ring is 1. The lowest BCUT2D eigenvalue weighted by Crippen LogP contribution is -2.11. The number of benzene rings is 3. The van der Waals surface area contributed by atoms with Crippen LogP contribution in [0.1, 0.15) is 21.5 Å². The fraction of sp³-hybridized carbons (Fsp3) is 0.174. The van der Waals surface area contributed by atoms with Crippen molar-refractivity contribution in [2.75, 3.05) is 18.9 Å². The SMILES string of the molecule is Cc1ccc(OCCOc2cc(C(=O)OCc3ccccc3)ccc2N)cc1. The van der Waals surface area contributed by atoms with Crippen LogP contribution in [0, 0.1) is 6.92 Å². The van der Waals surface area contributed by atoms with Crippen molar-refractivity contribution >= 4 is 11.7 Å². The second kappa shape index (κ2) is 9.46. The summed E-state index contributed by atoms with van der Waals surface area (Å²) in [6, 6.07) is 22.2. The molecular weight excluding hydrogens is 354 g/mol. The Morgan fingerprint density at radius 2 is 1.61 bits per heavy atom. The number of hydrogen-bond acceptors (Lipinski definition) is 5. The molecule has 3 rings (SSSR count). The van der Waals surface area contributed by atoms with E-state index in [1.807, 2.05) is 61.5 Å². The molecule has 0 spiro atoms. The lowest BCUT2D eigenvalue weighted by molar-refractivity contribution is 0.0472. The summed E-state index contributed by atoms with van der Waals surface area (Å²) in [4.78, 5) is 12.3. The molecule has 0 unspecified atom stereocenters. The van der Waals surface area contributed by atoms with Gasteiger partial charge in [0, 0.05) is 0 Å². The van der Waals surface area contributed by atoms with Gasteiger partial charge in [-0.15, -0.1) is 0 Å². The first-order valence-corrected chi connectivity index (χ1v) is 9.04. The highest BCUT2D eigenvalue weighted by molar-refractivity contribution is 5.90. The van der Waals surface area contributed by atoms with Gasteiger partial charge in [0.25, 0.3) is 0 Å². The summed E-state index contributed by atoms with van der Waals surface area (Å²) in [6.45, 7) is 2.91. The van der Waals surface area contributed by atoms with Crippen LogP contribution >= 0.6 is 0 Å². The van der Waals surface area contributed by atoms with Crippen LogP contribution < -0.4 is 15.2 Å². The summed E-state index contributed by atoms with van der Waals surface area (Å²) in [7, 11) is 0. The van der Waals surface area contributed by atoms with E-state index in [-0.39, 0.29) is 6.61 Å². The first-order chi connectivity index (χ1) is 13.6. The number of ether oxygens (including phenoxy) is 3. The first kappa shape index (κ1) is 19.3. The predicted molar refractivity (Wildman–Crippen MR) is 109 cm³/mol. The third-order valence-corrected chi connectivity index (χ3v) is 4.09. The van der Waals surface area contributed by atoms with Gasteiger partial charge in [-0.3, -0.25) is 0 Å². The van der Waals surface area contributed by atoms with Crippen LogP contribution in [0.5, 0.6) is 11.5 Å². The monoisotopic (exact) mass is 377 g/mol. The molecular formula is C23H23NO4. The lowest BCUT2D eigenvalue weighted by atomic mass is 10.2. The molecule has 0 saturated heterocycles. The maximum Gasteiger partial charge on any atom is 0.338 e. The number of carbonyl (C=O) groups excluding carboxylic acids is 1. The first-order valence-electron chi connectivity index (χ1n) is 9.04.